The van der Waals surface area contributed by atoms with Gasteiger partial charge in [0.2, 0.25) is 0 Å². The summed E-state index contributed by atoms with van der Waals surface area (Å²) in [6.07, 6.45) is 6.43. The van der Waals surface area contributed by atoms with Gasteiger partial charge < -0.3 is 9.72 Å². The lowest BCUT2D eigenvalue weighted by Gasteiger charge is -2.28. The van der Waals surface area contributed by atoms with E-state index < -0.39 is 0 Å². The van der Waals surface area contributed by atoms with Crippen molar-refractivity contribution in [3.05, 3.63) is 40.7 Å². The highest BCUT2D eigenvalue weighted by Crippen LogP contribution is 2.40. The molecule has 1 aliphatic carbocycles. The van der Waals surface area contributed by atoms with Crippen molar-refractivity contribution in [2.75, 3.05) is 7.11 Å². The van der Waals surface area contributed by atoms with Crippen molar-refractivity contribution in [2.45, 2.75) is 45.4 Å². The minimum Gasteiger partial charge on any atom is -0.465 e. The number of benzene rings is 1. The van der Waals surface area contributed by atoms with Gasteiger partial charge in [0, 0.05) is 17.5 Å². The fourth-order valence-corrected chi connectivity index (χ4v) is 3.02. The third-order valence-electron chi connectivity index (χ3n) is 4.68. The lowest BCUT2D eigenvalue weighted by atomic mass is 9.77. The Kier molecular flexibility index (Phi) is 4.01. The molecule has 22 heavy (non-hydrogen) atoms. The highest BCUT2D eigenvalue weighted by molar-refractivity contribution is 5.93. The monoisotopic (exact) mass is 298 g/mol. The summed E-state index contributed by atoms with van der Waals surface area (Å²) >= 11 is 0. The summed E-state index contributed by atoms with van der Waals surface area (Å²) in [6.45, 7) is 4.11. The fraction of sp³-hybridized carbons (Fsp3) is 0.444. The van der Waals surface area contributed by atoms with E-state index in [1.54, 1.807) is 0 Å². The van der Waals surface area contributed by atoms with Gasteiger partial charge in [-0.1, -0.05) is 13.3 Å². The molecule has 116 valence electrons. The quantitative estimate of drug-likeness (QED) is 0.868. The van der Waals surface area contributed by atoms with Crippen LogP contribution in [0.5, 0.6) is 0 Å². The third-order valence-corrected chi connectivity index (χ3v) is 4.68. The van der Waals surface area contributed by atoms with E-state index in [-0.39, 0.29) is 5.97 Å². The number of nitrogens with zero attached hydrogens (tertiary/aromatic N) is 1. The Morgan fingerprint density at radius 2 is 2.18 bits per heavy atom. The first-order valence-electron chi connectivity index (χ1n) is 7.91. The number of H-pyrrole nitrogens is 1. The van der Waals surface area contributed by atoms with Crippen LogP contribution in [0.25, 0.3) is 11.4 Å². The minimum absolute atomic E-state index is 0.276. The zero-order chi connectivity index (χ0) is 15.7. The maximum Gasteiger partial charge on any atom is 0.338 e. The largest absolute Gasteiger partial charge is 0.465 e. The van der Waals surface area contributed by atoms with Gasteiger partial charge in [0.25, 0.3) is 0 Å². The molecule has 1 aromatic carbocycles. The molecule has 0 spiro atoms. The Hall–Kier alpha value is -2.10. The molecule has 1 saturated carbocycles. The van der Waals surface area contributed by atoms with Crippen LogP contribution in [0.3, 0.4) is 0 Å². The lowest BCUT2D eigenvalue weighted by Crippen LogP contribution is -2.14. The van der Waals surface area contributed by atoms with Crippen LogP contribution in [-0.4, -0.2) is 23.0 Å². The van der Waals surface area contributed by atoms with E-state index in [2.05, 4.69) is 23.0 Å². The summed E-state index contributed by atoms with van der Waals surface area (Å²) in [5, 5.41) is 0. The topological polar surface area (TPSA) is 55.0 Å². The smallest absolute Gasteiger partial charge is 0.338 e. The van der Waals surface area contributed by atoms with Crippen LogP contribution in [0, 0.1) is 6.92 Å². The number of aromatic nitrogens is 2. The van der Waals surface area contributed by atoms with Gasteiger partial charge in [-0.2, -0.15) is 0 Å². The number of aryl methyl sites for hydroxylation is 1. The van der Waals surface area contributed by atoms with Gasteiger partial charge in [-0.25, -0.2) is 9.78 Å². The van der Waals surface area contributed by atoms with Crippen LogP contribution in [0.1, 0.15) is 59.3 Å². The van der Waals surface area contributed by atoms with Crippen molar-refractivity contribution in [1.29, 1.82) is 0 Å². The minimum atomic E-state index is -0.276. The SMILES string of the molecule is CCc1cnc(-c2cc(C(=O)OC)c(C)c(C3CCC3)c2)[nH]1. The van der Waals surface area contributed by atoms with Crippen LogP contribution >= 0.6 is 0 Å². The van der Waals surface area contributed by atoms with Crippen molar-refractivity contribution in [1.82, 2.24) is 9.97 Å². The molecule has 4 heteroatoms. The lowest BCUT2D eigenvalue weighted by molar-refractivity contribution is 0.0599. The van der Waals surface area contributed by atoms with E-state index in [9.17, 15) is 4.79 Å². The second-order valence-corrected chi connectivity index (χ2v) is 5.97. The number of hydrogen-bond acceptors (Lipinski definition) is 3. The molecular weight excluding hydrogens is 276 g/mol. The summed E-state index contributed by atoms with van der Waals surface area (Å²) in [6, 6.07) is 4.07. The summed E-state index contributed by atoms with van der Waals surface area (Å²) in [5.74, 6) is 1.11. The van der Waals surface area contributed by atoms with E-state index in [1.165, 1.54) is 31.9 Å². The molecule has 2 aromatic rings. The van der Waals surface area contributed by atoms with E-state index in [0.29, 0.717) is 11.5 Å². The van der Waals surface area contributed by atoms with Gasteiger partial charge in [-0.15, -0.1) is 0 Å². The van der Waals surface area contributed by atoms with Crippen molar-refractivity contribution >= 4 is 5.97 Å². The third kappa shape index (κ3) is 2.54. The number of methoxy groups -OCH3 is 1. The number of carbonyl (C=O) groups excluding carboxylic acids is 1. The molecule has 0 radical (unpaired) electrons. The number of rotatable bonds is 4. The van der Waals surface area contributed by atoms with Gasteiger partial charge in [0.15, 0.2) is 0 Å². The molecule has 0 unspecified atom stereocenters. The number of hydrogen-bond donors (Lipinski definition) is 1. The predicted molar refractivity (Wildman–Crippen MR) is 86.1 cm³/mol. The number of carbonyl (C=O) groups is 1. The average molecular weight is 298 g/mol. The fourth-order valence-electron chi connectivity index (χ4n) is 3.02. The number of ether oxygens (including phenoxy) is 1. The second kappa shape index (κ2) is 5.95. The van der Waals surface area contributed by atoms with E-state index >= 15 is 0 Å². The normalized spacial score (nSPS) is 14.7. The highest BCUT2D eigenvalue weighted by Gasteiger charge is 2.25. The first-order valence-corrected chi connectivity index (χ1v) is 7.91. The molecule has 4 nitrogen and oxygen atoms in total. The Balaban J connectivity index is 2.10. The Morgan fingerprint density at radius 1 is 1.41 bits per heavy atom. The zero-order valence-corrected chi connectivity index (χ0v) is 13.4. The summed E-state index contributed by atoms with van der Waals surface area (Å²) in [5.41, 5.74) is 5.02. The van der Waals surface area contributed by atoms with Crippen LogP contribution < -0.4 is 0 Å². The number of esters is 1. The molecule has 1 aliphatic rings. The molecule has 0 amide bonds. The summed E-state index contributed by atoms with van der Waals surface area (Å²) in [4.78, 5) is 19.9. The number of aromatic amines is 1. The zero-order valence-electron chi connectivity index (χ0n) is 13.4. The highest BCUT2D eigenvalue weighted by atomic mass is 16.5. The van der Waals surface area contributed by atoms with Crippen LogP contribution in [0.15, 0.2) is 18.3 Å². The Morgan fingerprint density at radius 3 is 2.73 bits per heavy atom. The second-order valence-electron chi connectivity index (χ2n) is 5.97. The molecule has 3 rings (SSSR count). The maximum atomic E-state index is 12.1. The van der Waals surface area contributed by atoms with Crippen LogP contribution in [0.4, 0.5) is 0 Å². The van der Waals surface area contributed by atoms with Crippen LogP contribution in [0.2, 0.25) is 0 Å². The molecule has 0 aliphatic heterocycles. The van der Waals surface area contributed by atoms with Crippen molar-refractivity contribution in [3.63, 3.8) is 0 Å². The van der Waals surface area contributed by atoms with Crippen LogP contribution in [-0.2, 0) is 11.2 Å². The van der Waals surface area contributed by atoms with Crippen molar-refractivity contribution < 1.29 is 9.53 Å². The average Bonchev–Trinajstić information content (AvgIpc) is 2.95. The molecule has 1 fully saturated rings. The molecule has 1 aromatic heterocycles. The molecule has 1 N–H and O–H groups in total. The Labute approximate surface area is 130 Å². The summed E-state index contributed by atoms with van der Waals surface area (Å²) in [7, 11) is 1.43. The van der Waals surface area contributed by atoms with Gasteiger partial charge in [-0.05, 0) is 55.4 Å². The first-order chi connectivity index (χ1) is 10.6. The summed E-state index contributed by atoms with van der Waals surface area (Å²) < 4.78 is 4.95. The van der Waals surface area contributed by atoms with Gasteiger partial charge >= 0.3 is 5.97 Å². The standard InChI is InChI=1S/C18H22N2O2/c1-4-14-10-19-17(20-14)13-8-15(12-6-5-7-12)11(2)16(9-13)18(21)22-3/h8-10,12H,4-7H2,1-3H3,(H,19,20). The predicted octanol–water partition coefficient (Wildman–Crippen LogP) is 4.00. The van der Waals surface area contributed by atoms with E-state index in [0.717, 1.165) is 29.1 Å². The van der Waals surface area contributed by atoms with E-state index in [4.69, 9.17) is 4.74 Å². The van der Waals surface area contributed by atoms with Gasteiger partial charge in [0.05, 0.1) is 12.7 Å². The van der Waals surface area contributed by atoms with Crippen molar-refractivity contribution in [3.8, 4) is 11.4 Å². The molecule has 0 saturated heterocycles. The molecule has 1 heterocycles. The Bertz CT molecular complexity index is 699. The van der Waals surface area contributed by atoms with Gasteiger partial charge in [-0.3, -0.25) is 0 Å². The number of nitrogens with one attached hydrogen (secondary N) is 1. The molecular formula is C18H22N2O2. The maximum absolute atomic E-state index is 12.1. The molecule has 0 atom stereocenters. The van der Waals surface area contributed by atoms with Gasteiger partial charge in [0.1, 0.15) is 5.82 Å². The first kappa shape index (κ1) is 14.8. The molecule has 0 bridgehead atoms. The van der Waals surface area contributed by atoms with E-state index in [1.807, 2.05) is 19.2 Å². The number of imidazole rings is 1. The van der Waals surface area contributed by atoms with Crippen molar-refractivity contribution in [2.24, 2.45) is 0 Å².